The lowest BCUT2D eigenvalue weighted by Gasteiger charge is -2.06. The summed E-state index contributed by atoms with van der Waals surface area (Å²) >= 11 is 0. The molecule has 4 rings (SSSR count). The van der Waals surface area contributed by atoms with Crippen LogP contribution in [0, 0.1) is 0 Å². The van der Waals surface area contributed by atoms with E-state index in [-0.39, 0.29) is 11.6 Å². The van der Waals surface area contributed by atoms with Gasteiger partial charge in [-0.25, -0.2) is 0 Å². The first kappa shape index (κ1) is 13.8. The van der Waals surface area contributed by atoms with E-state index in [0.717, 1.165) is 11.0 Å². The molecular formula is C18H12N2O2. The van der Waals surface area contributed by atoms with Crippen molar-refractivity contribution in [3.05, 3.63) is 84.2 Å². The summed E-state index contributed by atoms with van der Waals surface area (Å²) in [7, 11) is 0. The number of nitrogens with zero attached hydrogens (tertiary/aromatic N) is 2. The predicted octanol–water partition coefficient (Wildman–Crippen LogP) is 3.25. The Hall–Kier alpha value is -3.14. The molecule has 106 valence electrons. The molecule has 0 N–H and O–H groups in total. The Labute approximate surface area is 127 Å². The van der Waals surface area contributed by atoms with E-state index in [2.05, 4.69) is 9.97 Å². The largest absolute Gasteiger partial charge is 0.289 e. The van der Waals surface area contributed by atoms with Gasteiger partial charge in [0.2, 0.25) is 0 Å². The van der Waals surface area contributed by atoms with Gasteiger partial charge in [-0.2, -0.15) is 0 Å². The maximum absolute atomic E-state index is 11.2. The Balaban J connectivity index is 0.000000133. The molecule has 1 aliphatic rings. The highest BCUT2D eigenvalue weighted by molar-refractivity contribution is 6.21. The number of ketones is 2. The summed E-state index contributed by atoms with van der Waals surface area (Å²) in [5.41, 5.74) is 2.91. The number of hydrogen-bond acceptors (Lipinski definition) is 4. The normalized spacial score (nSPS) is 12.5. The minimum atomic E-state index is -0.0924. The molecule has 0 aliphatic heterocycles. The second-order valence-corrected chi connectivity index (χ2v) is 4.65. The van der Waals surface area contributed by atoms with Crippen LogP contribution in [0.4, 0.5) is 0 Å². The molecule has 4 nitrogen and oxygen atoms in total. The molecular weight excluding hydrogens is 276 g/mol. The molecule has 0 unspecified atom stereocenters. The third-order valence-corrected chi connectivity index (χ3v) is 3.22. The lowest BCUT2D eigenvalue weighted by Crippen LogP contribution is -2.10. The summed E-state index contributed by atoms with van der Waals surface area (Å²) < 4.78 is 0. The number of fused-ring (bicyclic) bond motifs is 2. The first-order chi connectivity index (χ1) is 10.8. The third kappa shape index (κ3) is 2.81. The first-order valence-electron chi connectivity index (χ1n) is 6.77. The SMILES string of the molecule is O=C1C=CC(=O)c2ccccc21.c1ccc2nccnc2c1. The number of allylic oxidation sites excluding steroid dienone is 2. The molecule has 0 bridgehead atoms. The fourth-order valence-corrected chi connectivity index (χ4v) is 2.15. The number of carbonyl (C=O) groups excluding carboxylic acids is 2. The van der Waals surface area contributed by atoms with Crippen molar-refractivity contribution in [3.8, 4) is 0 Å². The average molecular weight is 288 g/mol. The number of benzene rings is 2. The van der Waals surface area contributed by atoms with Crippen LogP contribution in [0.1, 0.15) is 20.7 Å². The molecule has 3 aromatic rings. The molecule has 1 aromatic heterocycles. The van der Waals surface area contributed by atoms with E-state index in [0.29, 0.717) is 11.1 Å². The second kappa shape index (κ2) is 6.10. The number of para-hydroxylation sites is 2. The van der Waals surface area contributed by atoms with Crippen LogP contribution < -0.4 is 0 Å². The minimum Gasteiger partial charge on any atom is -0.289 e. The van der Waals surface area contributed by atoms with Crippen LogP contribution in [0.25, 0.3) is 11.0 Å². The van der Waals surface area contributed by atoms with E-state index in [1.165, 1.54) is 12.2 Å². The smallest absolute Gasteiger partial charge is 0.186 e. The summed E-state index contributed by atoms with van der Waals surface area (Å²) in [4.78, 5) is 30.6. The lowest BCUT2D eigenvalue weighted by atomic mass is 9.95. The number of rotatable bonds is 0. The Morgan fingerprint density at radius 2 is 1.00 bits per heavy atom. The van der Waals surface area contributed by atoms with Crippen molar-refractivity contribution in [3.63, 3.8) is 0 Å². The van der Waals surface area contributed by atoms with Gasteiger partial charge >= 0.3 is 0 Å². The molecule has 1 aliphatic carbocycles. The van der Waals surface area contributed by atoms with Crippen LogP contribution in [-0.2, 0) is 0 Å². The molecule has 22 heavy (non-hydrogen) atoms. The van der Waals surface area contributed by atoms with E-state index < -0.39 is 0 Å². The van der Waals surface area contributed by atoms with Crippen molar-refractivity contribution >= 4 is 22.6 Å². The number of hydrogen-bond donors (Lipinski definition) is 0. The van der Waals surface area contributed by atoms with Gasteiger partial charge in [-0.15, -0.1) is 0 Å². The van der Waals surface area contributed by atoms with Gasteiger partial charge in [0.15, 0.2) is 11.6 Å². The van der Waals surface area contributed by atoms with Crippen molar-refractivity contribution < 1.29 is 9.59 Å². The van der Waals surface area contributed by atoms with Gasteiger partial charge in [0.05, 0.1) is 11.0 Å². The summed E-state index contributed by atoms with van der Waals surface area (Å²) in [6.07, 6.45) is 6.01. The van der Waals surface area contributed by atoms with E-state index in [4.69, 9.17) is 0 Å². The number of aromatic nitrogens is 2. The summed E-state index contributed by atoms with van der Waals surface area (Å²) in [6, 6.07) is 14.6. The number of carbonyl (C=O) groups is 2. The Kier molecular flexibility index (Phi) is 3.83. The molecule has 0 atom stereocenters. The molecule has 4 heteroatoms. The zero-order valence-electron chi connectivity index (χ0n) is 11.6. The fraction of sp³-hybridized carbons (Fsp3) is 0. The van der Waals surface area contributed by atoms with Crippen LogP contribution in [0.15, 0.2) is 73.1 Å². The summed E-state index contributed by atoms with van der Waals surface area (Å²) in [6.45, 7) is 0. The van der Waals surface area contributed by atoms with Crippen molar-refractivity contribution in [2.45, 2.75) is 0 Å². The van der Waals surface area contributed by atoms with Gasteiger partial charge in [0.1, 0.15) is 0 Å². The van der Waals surface area contributed by atoms with Crippen LogP contribution in [-0.4, -0.2) is 21.5 Å². The standard InChI is InChI=1S/C10H6O2.C8H6N2/c11-9-5-6-10(12)8-4-2-1-3-7(8)9;1-2-4-8-7(3-1)9-5-6-10-8/h1-6H;1-6H. The van der Waals surface area contributed by atoms with E-state index in [1.807, 2.05) is 24.3 Å². The summed E-state index contributed by atoms with van der Waals surface area (Å²) in [5.74, 6) is -0.185. The molecule has 2 aromatic carbocycles. The van der Waals surface area contributed by atoms with Gasteiger partial charge in [-0.1, -0.05) is 36.4 Å². The highest BCUT2D eigenvalue weighted by atomic mass is 16.1. The first-order valence-corrected chi connectivity index (χ1v) is 6.77. The highest BCUT2D eigenvalue weighted by Crippen LogP contribution is 2.15. The van der Waals surface area contributed by atoms with E-state index >= 15 is 0 Å². The lowest BCUT2D eigenvalue weighted by molar-refractivity contribution is 0.0994. The summed E-state index contributed by atoms with van der Waals surface area (Å²) in [5, 5.41) is 0. The van der Waals surface area contributed by atoms with E-state index in [9.17, 15) is 9.59 Å². The molecule has 0 spiro atoms. The molecule has 1 heterocycles. The van der Waals surface area contributed by atoms with Gasteiger partial charge in [0, 0.05) is 23.5 Å². The van der Waals surface area contributed by atoms with Crippen molar-refractivity contribution in [1.29, 1.82) is 0 Å². The topological polar surface area (TPSA) is 59.9 Å². The van der Waals surface area contributed by atoms with Crippen molar-refractivity contribution in [1.82, 2.24) is 9.97 Å². The third-order valence-electron chi connectivity index (χ3n) is 3.22. The van der Waals surface area contributed by atoms with Crippen LogP contribution in [0.5, 0.6) is 0 Å². The maximum atomic E-state index is 11.2. The molecule has 0 radical (unpaired) electrons. The van der Waals surface area contributed by atoms with Gasteiger partial charge in [-0.3, -0.25) is 19.6 Å². The van der Waals surface area contributed by atoms with Gasteiger partial charge in [-0.05, 0) is 24.3 Å². The van der Waals surface area contributed by atoms with Crippen molar-refractivity contribution in [2.24, 2.45) is 0 Å². The second-order valence-electron chi connectivity index (χ2n) is 4.65. The highest BCUT2D eigenvalue weighted by Gasteiger charge is 2.16. The maximum Gasteiger partial charge on any atom is 0.186 e. The quantitative estimate of drug-likeness (QED) is 0.637. The zero-order valence-corrected chi connectivity index (χ0v) is 11.6. The monoisotopic (exact) mass is 288 g/mol. The zero-order chi connectivity index (χ0) is 15.4. The Bertz CT molecular complexity index is 782. The van der Waals surface area contributed by atoms with Gasteiger partial charge < -0.3 is 0 Å². The van der Waals surface area contributed by atoms with E-state index in [1.54, 1.807) is 36.7 Å². The molecule has 0 fully saturated rings. The Morgan fingerprint density at radius 3 is 1.45 bits per heavy atom. The van der Waals surface area contributed by atoms with Crippen molar-refractivity contribution in [2.75, 3.05) is 0 Å². The predicted molar refractivity (Wildman–Crippen MR) is 83.8 cm³/mol. The average Bonchev–Trinajstić information content (AvgIpc) is 2.59. The molecule has 0 saturated heterocycles. The minimum absolute atomic E-state index is 0.0924. The van der Waals surface area contributed by atoms with Gasteiger partial charge in [0.25, 0.3) is 0 Å². The Morgan fingerprint density at radius 1 is 0.591 bits per heavy atom. The molecule has 0 saturated carbocycles. The van der Waals surface area contributed by atoms with Crippen LogP contribution >= 0.6 is 0 Å². The fourth-order valence-electron chi connectivity index (χ4n) is 2.15. The molecule has 0 amide bonds. The van der Waals surface area contributed by atoms with Crippen LogP contribution in [0.2, 0.25) is 0 Å². The van der Waals surface area contributed by atoms with Crippen LogP contribution in [0.3, 0.4) is 0 Å².